The molecule has 3 aromatic rings. The van der Waals surface area contributed by atoms with E-state index >= 15 is 0 Å². The Bertz CT molecular complexity index is 990. The number of amides is 1. The molecule has 0 bridgehead atoms. The summed E-state index contributed by atoms with van der Waals surface area (Å²) in [5.41, 5.74) is 5.21. The monoisotopic (exact) mass is 393 g/mol. The van der Waals surface area contributed by atoms with Crippen LogP contribution in [0.1, 0.15) is 43.3 Å². The molecular weight excluding hydrogens is 366 g/mol. The van der Waals surface area contributed by atoms with Gasteiger partial charge >= 0.3 is 0 Å². The number of carbonyl (C=O) groups is 1. The summed E-state index contributed by atoms with van der Waals surface area (Å²) in [4.78, 5) is 19.1. The van der Waals surface area contributed by atoms with Gasteiger partial charge in [0.1, 0.15) is 0 Å². The maximum Gasteiger partial charge on any atom is 0.225 e. The van der Waals surface area contributed by atoms with Crippen LogP contribution in [0.3, 0.4) is 0 Å². The molecule has 0 saturated heterocycles. The molecule has 1 aliphatic heterocycles. The molecule has 7 heteroatoms. The average Bonchev–Trinajstić information content (AvgIpc) is 3.27. The highest BCUT2D eigenvalue weighted by Crippen LogP contribution is 2.34. The molecule has 4 rings (SSSR count). The van der Waals surface area contributed by atoms with Crippen LogP contribution in [-0.4, -0.2) is 43.9 Å². The van der Waals surface area contributed by atoms with Crippen LogP contribution in [0.2, 0.25) is 0 Å². The second kappa shape index (κ2) is 8.21. The standard InChI is InChI=1S/C22H27N5O2/c1-16(2)27-10-7-19-20(27)15-25(21(28)8-11-29-3)12-17-13-26(24-22(17)19)14-18-6-4-5-9-23-18/h4-7,9-10,13,16H,8,11-12,14-15H2,1-3H3. The maximum atomic E-state index is 12.8. The highest BCUT2D eigenvalue weighted by molar-refractivity contribution is 5.78. The van der Waals surface area contributed by atoms with Crippen molar-refractivity contribution in [3.05, 3.63) is 59.8 Å². The summed E-state index contributed by atoms with van der Waals surface area (Å²) in [7, 11) is 1.62. The fraction of sp³-hybridized carbons (Fsp3) is 0.409. The molecule has 3 aromatic heterocycles. The molecule has 0 saturated carbocycles. The van der Waals surface area contributed by atoms with E-state index in [9.17, 15) is 4.79 Å². The summed E-state index contributed by atoms with van der Waals surface area (Å²) < 4.78 is 9.27. The third-order valence-electron chi connectivity index (χ3n) is 5.30. The Kier molecular flexibility index (Phi) is 5.49. The van der Waals surface area contributed by atoms with E-state index in [0.717, 1.165) is 28.2 Å². The van der Waals surface area contributed by atoms with E-state index in [1.807, 2.05) is 34.0 Å². The molecule has 7 nitrogen and oxygen atoms in total. The fourth-order valence-corrected chi connectivity index (χ4v) is 3.86. The SMILES string of the molecule is COCCC(=O)N1Cc2cn(Cc3ccccn3)nc2-c2ccn(C(C)C)c2C1. The third-order valence-corrected chi connectivity index (χ3v) is 5.30. The van der Waals surface area contributed by atoms with Gasteiger partial charge in [0.25, 0.3) is 0 Å². The van der Waals surface area contributed by atoms with Gasteiger partial charge in [0.15, 0.2) is 0 Å². The van der Waals surface area contributed by atoms with Crippen LogP contribution in [0, 0.1) is 0 Å². The van der Waals surface area contributed by atoms with Gasteiger partial charge in [0, 0.05) is 55.1 Å². The topological polar surface area (TPSA) is 65.2 Å². The summed E-state index contributed by atoms with van der Waals surface area (Å²) in [5, 5.41) is 4.88. The first-order valence-electron chi connectivity index (χ1n) is 10.00. The Hall–Kier alpha value is -2.93. The molecule has 0 spiro atoms. The Morgan fingerprint density at radius 3 is 2.83 bits per heavy atom. The number of hydrogen-bond donors (Lipinski definition) is 0. The molecule has 0 N–H and O–H groups in total. The number of carbonyl (C=O) groups excluding carboxylic acids is 1. The van der Waals surface area contributed by atoms with E-state index in [-0.39, 0.29) is 5.91 Å². The van der Waals surface area contributed by atoms with Crippen molar-refractivity contribution in [3.8, 4) is 11.3 Å². The van der Waals surface area contributed by atoms with E-state index in [1.165, 1.54) is 0 Å². The zero-order chi connectivity index (χ0) is 20.4. The zero-order valence-electron chi connectivity index (χ0n) is 17.2. The number of ether oxygens (including phenoxy) is 1. The van der Waals surface area contributed by atoms with Crippen molar-refractivity contribution in [1.29, 1.82) is 0 Å². The van der Waals surface area contributed by atoms with Crippen LogP contribution in [0.4, 0.5) is 0 Å². The van der Waals surface area contributed by atoms with Crippen molar-refractivity contribution in [2.24, 2.45) is 0 Å². The van der Waals surface area contributed by atoms with Crippen molar-refractivity contribution < 1.29 is 9.53 Å². The van der Waals surface area contributed by atoms with Gasteiger partial charge in [-0.15, -0.1) is 0 Å². The number of nitrogens with zero attached hydrogens (tertiary/aromatic N) is 5. The molecule has 0 aliphatic carbocycles. The van der Waals surface area contributed by atoms with Gasteiger partial charge in [-0.2, -0.15) is 5.10 Å². The molecular formula is C22H27N5O2. The van der Waals surface area contributed by atoms with Crippen LogP contribution in [0.15, 0.2) is 42.9 Å². The van der Waals surface area contributed by atoms with Crippen molar-refractivity contribution in [3.63, 3.8) is 0 Å². The van der Waals surface area contributed by atoms with Crippen LogP contribution in [0.25, 0.3) is 11.3 Å². The van der Waals surface area contributed by atoms with Gasteiger partial charge < -0.3 is 14.2 Å². The van der Waals surface area contributed by atoms with Crippen LogP contribution < -0.4 is 0 Å². The molecule has 0 atom stereocenters. The summed E-state index contributed by atoms with van der Waals surface area (Å²) in [6.07, 6.45) is 6.31. The largest absolute Gasteiger partial charge is 0.384 e. The highest BCUT2D eigenvalue weighted by Gasteiger charge is 2.28. The van der Waals surface area contributed by atoms with Gasteiger partial charge in [-0.25, -0.2) is 0 Å². The van der Waals surface area contributed by atoms with E-state index in [2.05, 4.69) is 35.7 Å². The number of aromatic nitrogens is 4. The van der Waals surface area contributed by atoms with Crippen molar-refractivity contribution in [2.45, 2.75) is 45.9 Å². The lowest BCUT2D eigenvalue weighted by molar-refractivity contribution is -0.133. The second-order valence-corrected chi connectivity index (χ2v) is 7.69. The zero-order valence-corrected chi connectivity index (χ0v) is 17.2. The van der Waals surface area contributed by atoms with Gasteiger partial charge in [0.05, 0.1) is 37.5 Å². The van der Waals surface area contributed by atoms with Crippen molar-refractivity contribution >= 4 is 5.91 Å². The lowest BCUT2D eigenvalue weighted by Crippen LogP contribution is -2.31. The molecule has 4 heterocycles. The quantitative estimate of drug-likeness (QED) is 0.645. The van der Waals surface area contributed by atoms with E-state index in [4.69, 9.17) is 9.84 Å². The summed E-state index contributed by atoms with van der Waals surface area (Å²) in [6, 6.07) is 8.32. The highest BCUT2D eigenvalue weighted by atomic mass is 16.5. The molecule has 0 aromatic carbocycles. The Morgan fingerprint density at radius 2 is 2.10 bits per heavy atom. The van der Waals surface area contributed by atoms with Crippen molar-refractivity contribution in [2.75, 3.05) is 13.7 Å². The second-order valence-electron chi connectivity index (χ2n) is 7.69. The first-order valence-corrected chi connectivity index (χ1v) is 10.00. The van der Waals surface area contributed by atoms with Crippen molar-refractivity contribution in [1.82, 2.24) is 24.2 Å². The number of methoxy groups -OCH3 is 1. The third kappa shape index (κ3) is 3.96. The molecule has 0 radical (unpaired) electrons. The molecule has 0 unspecified atom stereocenters. The van der Waals surface area contributed by atoms with Gasteiger partial charge in [-0.05, 0) is 32.0 Å². The Labute approximate surface area is 170 Å². The van der Waals surface area contributed by atoms with Crippen LogP contribution >= 0.6 is 0 Å². The molecule has 152 valence electrons. The molecule has 29 heavy (non-hydrogen) atoms. The lowest BCUT2D eigenvalue weighted by atomic mass is 10.1. The number of pyridine rings is 1. The minimum absolute atomic E-state index is 0.0969. The first kappa shape index (κ1) is 19.4. The van der Waals surface area contributed by atoms with Crippen LogP contribution in [-0.2, 0) is 29.2 Å². The number of fused-ring (bicyclic) bond motifs is 3. The Balaban J connectivity index is 1.72. The minimum Gasteiger partial charge on any atom is -0.384 e. The summed E-state index contributed by atoms with van der Waals surface area (Å²) >= 11 is 0. The van der Waals surface area contributed by atoms with E-state index in [1.54, 1.807) is 13.3 Å². The molecule has 0 fully saturated rings. The maximum absolute atomic E-state index is 12.8. The molecule has 1 aliphatic rings. The first-order chi connectivity index (χ1) is 14.1. The van der Waals surface area contributed by atoms with E-state index in [0.29, 0.717) is 38.7 Å². The van der Waals surface area contributed by atoms with E-state index < -0.39 is 0 Å². The number of rotatable bonds is 6. The fourth-order valence-electron chi connectivity index (χ4n) is 3.86. The Morgan fingerprint density at radius 1 is 1.24 bits per heavy atom. The van der Waals surface area contributed by atoms with Gasteiger partial charge in [-0.1, -0.05) is 6.07 Å². The predicted molar refractivity (Wildman–Crippen MR) is 110 cm³/mol. The lowest BCUT2D eigenvalue weighted by Gasteiger charge is -2.23. The smallest absolute Gasteiger partial charge is 0.225 e. The predicted octanol–water partition coefficient (Wildman–Crippen LogP) is 3.25. The minimum atomic E-state index is 0.0969. The molecule has 1 amide bonds. The average molecular weight is 393 g/mol. The van der Waals surface area contributed by atoms with Gasteiger partial charge in [0.2, 0.25) is 5.91 Å². The summed E-state index contributed by atoms with van der Waals surface area (Å²) in [6.45, 7) is 6.48. The summed E-state index contributed by atoms with van der Waals surface area (Å²) in [5.74, 6) is 0.0969. The normalized spacial score (nSPS) is 13.3. The van der Waals surface area contributed by atoms with Crippen LogP contribution in [0.5, 0.6) is 0 Å². The van der Waals surface area contributed by atoms with Gasteiger partial charge in [-0.3, -0.25) is 14.5 Å². The number of hydrogen-bond acceptors (Lipinski definition) is 4.